The van der Waals surface area contributed by atoms with Crippen molar-refractivity contribution in [1.29, 1.82) is 0 Å². The first-order valence-corrected chi connectivity index (χ1v) is 9.22. The summed E-state index contributed by atoms with van der Waals surface area (Å²) in [5.74, 6) is 0. The Hall–Kier alpha value is -0.797. The number of nitrogens with one attached hydrogen (secondary N) is 3. The summed E-state index contributed by atoms with van der Waals surface area (Å²) < 4.78 is 0. The molecule has 158 valence electrons. The standard InChI is InChI=1S/C22H33N3.2ClH.Ru/c1-15-11-17(3)21(18(4)12-15)24-9-7-23-8-10-25-22-19(5)13-16(2)14-20(22)6;;;/h11-14,23-25H,7-10H2,1-6H3;2*1H;/q;;;+2/p-2. The predicted octanol–water partition coefficient (Wildman–Crippen LogP) is -1.34. The number of aryl methyl sites for hydroxylation is 6. The summed E-state index contributed by atoms with van der Waals surface area (Å²) in [6.07, 6.45) is 0. The molecule has 0 atom stereocenters. The monoisotopic (exact) mass is 511 g/mol. The molecule has 2 rings (SSSR count). The SMILES string of the molecule is Cc1cc(C)c(NCCNCCNc2c(C)cc(C)cc2C)c(C)c1.[Cl-].[Cl-].[Ru+2]. The van der Waals surface area contributed by atoms with Crippen LogP contribution in [0.1, 0.15) is 33.4 Å². The first-order valence-electron chi connectivity index (χ1n) is 9.22. The van der Waals surface area contributed by atoms with Crippen molar-refractivity contribution in [1.82, 2.24) is 5.32 Å². The fourth-order valence-corrected chi connectivity index (χ4v) is 3.59. The summed E-state index contributed by atoms with van der Waals surface area (Å²) >= 11 is 0. The van der Waals surface area contributed by atoms with Crippen LogP contribution in [0.15, 0.2) is 24.3 Å². The molecule has 3 nitrogen and oxygen atoms in total. The van der Waals surface area contributed by atoms with E-state index in [-0.39, 0.29) is 44.3 Å². The number of hydrogen-bond donors (Lipinski definition) is 3. The smallest absolute Gasteiger partial charge is 1.00 e. The van der Waals surface area contributed by atoms with Gasteiger partial charge in [0.05, 0.1) is 0 Å². The van der Waals surface area contributed by atoms with Crippen molar-refractivity contribution in [2.45, 2.75) is 41.5 Å². The largest absolute Gasteiger partial charge is 2.00 e. The molecule has 3 N–H and O–H groups in total. The van der Waals surface area contributed by atoms with Crippen molar-refractivity contribution in [2.75, 3.05) is 36.8 Å². The average molecular weight is 512 g/mol. The van der Waals surface area contributed by atoms with E-state index in [4.69, 9.17) is 0 Å². The Morgan fingerprint density at radius 1 is 0.536 bits per heavy atom. The minimum atomic E-state index is 0. The maximum atomic E-state index is 3.56. The Bertz CT molecular complexity index is 628. The van der Waals surface area contributed by atoms with Crippen molar-refractivity contribution >= 4 is 11.4 Å². The molecule has 6 heteroatoms. The molecule has 0 unspecified atom stereocenters. The van der Waals surface area contributed by atoms with Crippen LogP contribution in [0.4, 0.5) is 11.4 Å². The van der Waals surface area contributed by atoms with Crippen LogP contribution in [-0.4, -0.2) is 26.2 Å². The van der Waals surface area contributed by atoms with E-state index >= 15 is 0 Å². The Kier molecular flexibility index (Phi) is 14.9. The van der Waals surface area contributed by atoms with Crippen LogP contribution >= 0.6 is 0 Å². The first kappa shape index (κ1) is 29.4. The average Bonchev–Trinajstić information content (AvgIpc) is 2.50. The summed E-state index contributed by atoms with van der Waals surface area (Å²) in [6, 6.07) is 8.94. The molecule has 0 heterocycles. The van der Waals surface area contributed by atoms with Gasteiger partial charge >= 0.3 is 19.5 Å². The van der Waals surface area contributed by atoms with E-state index in [1.165, 1.54) is 44.8 Å². The predicted molar refractivity (Wildman–Crippen MR) is 111 cm³/mol. The zero-order valence-electron chi connectivity index (χ0n) is 17.7. The molecule has 0 amide bonds. The second kappa shape index (κ2) is 14.2. The van der Waals surface area contributed by atoms with E-state index in [0.29, 0.717) is 0 Å². The zero-order valence-corrected chi connectivity index (χ0v) is 21.0. The molecule has 0 saturated carbocycles. The van der Waals surface area contributed by atoms with Crippen LogP contribution in [0.2, 0.25) is 0 Å². The minimum Gasteiger partial charge on any atom is -1.00 e. The van der Waals surface area contributed by atoms with Gasteiger partial charge in [-0.3, -0.25) is 0 Å². The van der Waals surface area contributed by atoms with E-state index in [1.54, 1.807) is 0 Å². The molecule has 0 bridgehead atoms. The van der Waals surface area contributed by atoms with Crippen LogP contribution in [0.3, 0.4) is 0 Å². The van der Waals surface area contributed by atoms with Crippen LogP contribution in [-0.2, 0) is 19.5 Å². The van der Waals surface area contributed by atoms with Gasteiger partial charge < -0.3 is 40.8 Å². The van der Waals surface area contributed by atoms with E-state index in [9.17, 15) is 0 Å². The van der Waals surface area contributed by atoms with Crippen molar-refractivity contribution in [3.05, 3.63) is 57.6 Å². The van der Waals surface area contributed by atoms with Gasteiger partial charge in [-0.15, -0.1) is 0 Å². The number of rotatable bonds is 8. The fourth-order valence-electron chi connectivity index (χ4n) is 3.59. The number of halogens is 2. The molecule has 0 radical (unpaired) electrons. The van der Waals surface area contributed by atoms with Gasteiger partial charge in [0.25, 0.3) is 0 Å². The summed E-state index contributed by atoms with van der Waals surface area (Å²) in [6.45, 7) is 16.8. The van der Waals surface area contributed by atoms with Gasteiger partial charge in [0.1, 0.15) is 0 Å². The Morgan fingerprint density at radius 3 is 1.11 bits per heavy atom. The molecule has 2 aromatic carbocycles. The van der Waals surface area contributed by atoms with Crippen molar-refractivity contribution in [3.63, 3.8) is 0 Å². The van der Waals surface area contributed by atoms with Gasteiger partial charge in [-0.1, -0.05) is 35.4 Å². The quantitative estimate of drug-likeness (QED) is 0.304. The molecular weight excluding hydrogens is 478 g/mol. The van der Waals surface area contributed by atoms with Gasteiger partial charge in [-0.25, -0.2) is 0 Å². The van der Waals surface area contributed by atoms with Crippen LogP contribution in [0.25, 0.3) is 0 Å². The number of hydrogen-bond acceptors (Lipinski definition) is 3. The second-order valence-corrected chi connectivity index (χ2v) is 7.15. The summed E-state index contributed by atoms with van der Waals surface area (Å²) in [5, 5.41) is 10.6. The molecule has 0 aliphatic heterocycles. The van der Waals surface area contributed by atoms with E-state index in [1.807, 2.05) is 0 Å². The van der Waals surface area contributed by atoms with Gasteiger partial charge in [0.2, 0.25) is 0 Å². The number of benzene rings is 2. The van der Waals surface area contributed by atoms with Crippen molar-refractivity contribution in [3.8, 4) is 0 Å². The Morgan fingerprint density at radius 2 is 0.821 bits per heavy atom. The van der Waals surface area contributed by atoms with Gasteiger partial charge in [-0.05, 0) is 63.8 Å². The maximum Gasteiger partial charge on any atom is 2.00 e. The minimum absolute atomic E-state index is 0. The second-order valence-electron chi connectivity index (χ2n) is 7.15. The normalized spacial score (nSPS) is 9.64. The van der Waals surface area contributed by atoms with E-state index < -0.39 is 0 Å². The third-order valence-corrected chi connectivity index (χ3v) is 4.56. The molecule has 0 aromatic heterocycles. The van der Waals surface area contributed by atoms with Crippen LogP contribution < -0.4 is 40.8 Å². The van der Waals surface area contributed by atoms with Crippen molar-refractivity contribution in [2.24, 2.45) is 0 Å². The van der Waals surface area contributed by atoms with Crippen LogP contribution in [0, 0.1) is 41.5 Å². The third-order valence-electron chi connectivity index (χ3n) is 4.56. The van der Waals surface area contributed by atoms with Crippen molar-refractivity contribution < 1.29 is 44.3 Å². The van der Waals surface area contributed by atoms with E-state index in [0.717, 1.165) is 26.2 Å². The van der Waals surface area contributed by atoms with E-state index in [2.05, 4.69) is 81.8 Å². The number of anilines is 2. The third kappa shape index (κ3) is 8.70. The van der Waals surface area contributed by atoms with Crippen LogP contribution in [0.5, 0.6) is 0 Å². The van der Waals surface area contributed by atoms with Gasteiger partial charge in [0.15, 0.2) is 0 Å². The first-order chi connectivity index (χ1) is 11.9. The fraction of sp³-hybridized carbons (Fsp3) is 0.455. The van der Waals surface area contributed by atoms with Gasteiger partial charge in [0, 0.05) is 37.6 Å². The molecule has 0 fully saturated rings. The Labute approximate surface area is 196 Å². The molecular formula is C22H33Cl2N3Ru. The maximum absolute atomic E-state index is 3.56. The molecule has 2 aromatic rings. The molecule has 0 spiro atoms. The molecule has 0 aliphatic rings. The zero-order chi connectivity index (χ0) is 18.4. The topological polar surface area (TPSA) is 36.1 Å². The summed E-state index contributed by atoms with van der Waals surface area (Å²) in [4.78, 5) is 0. The van der Waals surface area contributed by atoms with Gasteiger partial charge in [-0.2, -0.15) is 0 Å². The molecule has 0 saturated heterocycles. The molecule has 28 heavy (non-hydrogen) atoms. The summed E-state index contributed by atoms with van der Waals surface area (Å²) in [7, 11) is 0. The summed E-state index contributed by atoms with van der Waals surface area (Å²) in [5.41, 5.74) is 10.5. The molecule has 0 aliphatic carbocycles. The Balaban J connectivity index is 0.